The van der Waals surface area contributed by atoms with Crippen molar-refractivity contribution in [1.29, 1.82) is 0 Å². The molecule has 0 aromatic heterocycles. The van der Waals surface area contributed by atoms with Crippen LogP contribution in [0.5, 0.6) is 0 Å². The van der Waals surface area contributed by atoms with E-state index in [2.05, 4.69) is 5.32 Å². The minimum atomic E-state index is -0.365. The van der Waals surface area contributed by atoms with Gasteiger partial charge in [-0.05, 0) is 19.3 Å². The van der Waals surface area contributed by atoms with Gasteiger partial charge in [-0.1, -0.05) is 20.3 Å². The Bertz CT molecular complexity index is 353. The van der Waals surface area contributed by atoms with Crippen LogP contribution in [0.25, 0.3) is 0 Å². The van der Waals surface area contributed by atoms with E-state index < -0.39 is 0 Å². The molecular formula is C14H24N2O3. The highest BCUT2D eigenvalue weighted by molar-refractivity contribution is 5.95. The smallest absolute Gasteiger partial charge is 0.246 e. The van der Waals surface area contributed by atoms with Crippen LogP contribution in [0, 0.1) is 11.8 Å². The average molecular weight is 268 g/mol. The minimum absolute atomic E-state index is 0.0457. The molecule has 2 amide bonds. The zero-order valence-corrected chi connectivity index (χ0v) is 12.0. The maximum absolute atomic E-state index is 12.5. The summed E-state index contributed by atoms with van der Waals surface area (Å²) in [5, 5.41) is 2.83. The van der Waals surface area contributed by atoms with Crippen molar-refractivity contribution in [2.45, 2.75) is 45.7 Å². The van der Waals surface area contributed by atoms with Crippen LogP contribution in [0.2, 0.25) is 0 Å². The van der Waals surface area contributed by atoms with E-state index in [0.29, 0.717) is 12.5 Å². The van der Waals surface area contributed by atoms with Gasteiger partial charge in [-0.15, -0.1) is 0 Å². The molecular weight excluding hydrogens is 244 g/mol. The van der Waals surface area contributed by atoms with Crippen LogP contribution in [0.4, 0.5) is 0 Å². The molecule has 0 radical (unpaired) electrons. The van der Waals surface area contributed by atoms with Crippen molar-refractivity contribution in [3.8, 4) is 0 Å². The van der Waals surface area contributed by atoms with E-state index in [9.17, 15) is 9.59 Å². The lowest BCUT2D eigenvalue weighted by molar-refractivity contribution is -0.148. The largest absolute Gasteiger partial charge is 0.381 e. The fourth-order valence-electron chi connectivity index (χ4n) is 2.85. The van der Waals surface area contributed by atoms with E-state index in [-0.39, 0.29) is 36.4 Å². The Kier molecular flexibility index (Phi) is 4.45. The number of rotatable bonds is 4. The molecule has 4 atom stereocenters. The zero-order chi connectivity index (χ0) is 14.0. The predicted octanol–water partition coefficient (Wildman–Crippen LogP) is 0.784. The van der Waals surface area contributed by atoms with Crippen LogP contribution in [0.3, 0.4) is 0 Å². The summed E-state index contributed by atoms with van der Waals surface area (Å²) in [5.41, 5.74) is 0. The Hall–Kier alpha value is -1.10. The van der Waals surface area contributed by atoms with Gasteiger partial charge < -0.3 is 15.0 Å². The predicted molar refractivity (Wildman–Crippen MR) is 71.5 cm³/mol. The monoisotopic (exact) mass is 268 g/mol. The molecule has 19 heavy (non-hydrogen) atoms. The van der Waals surface area contributed by atoms with Crippen molar-refractivity contribution in [3.05, 3.63) is 0 Å². The summed E-state index contributed by atoms with van der Waals surface area (Å²) in [7, 11) is 0. The summed E-state index contributed by atoms with van der Waals surface area (Å²) < 4.78 is 5.39. The normalized spacial score (nSPS) is 31.2. The molecule has 4 unspecified atom stereocenters. The highest BCUT2D eigenvalue weighted by atomic mass is 16.5. The van der Waals surface area contributed by atoms with Gasteiger partial charge in [-0.2, -0.15) is 0 Å². The number of piperazine rings is 1. The quantitative estimate of drug-likeness (QED) is 0.820. The first-order chi connectivity index (χ1) is 9.04. The van der Waals surface area contributed by atoms with Crippen molar-refractivity contribution < 1.29 is 14.3 Å². The molecule has 2 saturated heterocycles. The third-order valence-electron chi connectivity index (χ3n) is 4.53. The first kappa shape index (κ1) is 14.3. The average Bonchev–Trinajstić information content (AvgIpc) is 2.93. The van der Waals surface area contributed by atoms with Gasteiger partial charge in [0.1, 0.15) is 6.04 Å². The lowest BCUT2D eigenvalue weighted by atomic mass is 9.92. The standard InChI is InChI=1S/C14H24N2O3/c1-4-9(2)13-14(18)16(7-12(17)15-13)10(3)11-5-6-19-8-11/h9-11,13H,4-8H2,1-3H3,(H,15,17). The van der Waals surface area contributed by atoms with E-state index in [1.807, 2.05) is 20.8 Å². The third kappa shape index (κ3) is 2.91. The number of amides is 2. The van der Waals surface area contributed by atoms with Gasteiger partial charge in [0.2, 0.25) is 11.8 Å². The summed E-state index contributed by atoms with van der Waals surface area (Å²) in [6.07, 6.45) is 1.85. The molecule has 0 spiro atoms. The molecule has 2 aliphatic heterocycles. The van der Waals surface area contributed by atoms with Crippen LogP contribution in [0.15, 0.2) is 0 Å². The Morgan fingerprint density at radius 3 is 2.74 bits per heavy atom. The summed E-state index contributed by atoms with van der Waals surface area (Å²) in [6, 6.07) is -0.288. The van der Waals surface area contributed by atoms with E-state index in [1.165, 1.54) is 0 Å². The molecule has 2 aliphatic rings. The van der Waals surface area contributed by atoms with Crippen LogP contribution in [-0.2, 0) is 14.3 Å². The molecule has 108 valence electrons. The van der Waals surface area contributed by atoms with Crippen molar-refractivity contribution in [1.82, 2.24) is 10.2 Å². The number of ether oxygens (including phenoxy) is 1. The van der Waals surface area contributed by atoms with Gasteiger partial charge in [0, 0.05) is 18.6 Å². The van der Waals surface area contributed by atoms with Gasteiger partial charge in [-0.3, -0.25) is 9.59 Å². The van der Waals surface area contributed by atoms with Crippen LogP contribution >= 0.6 is 0 Å². The van der Waals surface area contributed by atoms with Crippen LogP contribution < -0.4 is 5.32 Å². The molecule has 0 saturated carbocycles. The van der Waals surface area contributed by atoms with Crippen LogP contribution in [0.1, 0.15) is 33.6 Å². The lowest BCUT2D eigenvalue weighted by Crippen LogP contribution is -2.63. The Morgan fingerprint density at radius 2 is 2.16 bits per heavy atom. The number of nitrogens with zero attached hydrogens (tertiary/aromatic N) is 1. The molecule has 2 heterocycles. The number of carbonyl (C=O) groups excluding carboxylic acids is 2. The first-order valence-electron chi connectivity index (χ1n) is 7.22. The minimum Gasteiger partial charge on any atom is -0.381 e. The number of carbonyl (C=O) groups is 2. The van der Waals surface area contributed by atoms with E-state index >= 15 is 0 Å². The molecule has 0 bridgehead atoms. The van der Waals surface area contributed by atoms with Crippen molar-refractivity contribution in [2.75, 3.05) is 19.8 Å². The fraction of sp³-hybridized carbons (Fsp3) is 0.857. The summed E-state index contributed by atoms with van der Waals surface area (Å²) in [6.45, 7) is 7.72. The van der Waals surface area contributed by atoms with E-state index in [4.69, 9.17) is 4.74 Å². The first-order valence-corrected chi connectivity index (χ1v) is 7.22. The summed E-state index contributed by atoms with van der Waals surface area (Å²) in [5.74, 6) is 0.544. The van der Waals surface area contributed by atoms with Crippen molar-refractivity contribution in [3.63, 3.8) is 0 Å². The maximum Gasteiger partial charge on any atom is 0.246 e. The summed E-state index contributed by atoms with van der Waals surface area (Å²) >= 11 is 0. The molecule has 2 rings (SSSR count). The van der Waals surface area contributed by atoms with E-state index in [0.717, 1.165) is 19.4 Å². The van der Waals surface area contributed by atoms with Crippen molar-refractivity contribution in [2.24, 2.45) is 11.8 Å². The fourth-order valence-corrected chi connectivity index (χ4v) is 2.85. The highest BCUT2D eigenvalue weighted by Crippen LogP contribution is 2.24. The lowest BCUT2D eigenvalue weighted by Gasteiger charge is -2.40. The molecule has 2 fully saturated rings. The van der Waals surface area contributed by atoms with Gasteiger partial charge in [0.25, 0.3) is 0 Å². The van der Waals surface area contributed by atoms with E-state index in [1.54, 1.807) is 4.90 Å². The van der Waals surface area contributed by atoms with Gasteiger partial charge in [0.05, 0.1) is 13.2 Å². The van der Waals surface area contributed by atoms with Crippen LogP contribution in [-0.4, -0.2) is 48.6 Å². The molecule has 1 N–H and O–H groups in total. The second-order valence-corrected chi connectivity index (χ2v) is 5.76. The molecule has 5 heteroatoms. The Balaban J connectivity index is 2.10. The summed E-state index contributed by atoms with van der Waals surface area (Å²) in [4.78, 5) is 26.1. The van der Waals surface area contributed by atoms with Crippen molar-refractivity contribution >= 4 is 11.8 Å². The number of nitrogens with one attached hydrogen (secondary N) is 1. The molecule has 0 aliphatic carbocycles. The van der Waals surface area contributed by atoms with Gasteiger partial charge in [0.15, 0.2) is 0 Å². The number of hydrogen-bond donors (Lipinski definition) is 1. The maximum atomic E-state index is 12.5. The second kappa shape index (κ2) is 5.90. The zero-order valence-electron chi connectivity index (χ0n) is 12.0. The molecule has 0 aromatic carbocycles. The topological polar surface area (TPSA) is 58.6 Å². The number of hydrogen-bond acceptors (Lipinski definition) is 3. The SMILES string of the molecule is CCC(C)C1NC(=O)CN(C(C)C2CCOC2)C1=O. The Morgan fingerprint density at radius 1 is 1.42 bits per heavy atom. The third-order valence-corrected chi connectivity index (χ3v) is 4.53. The highest BCUT2D eigenvalue weighted by Gasteiger charge is 2.40. The molecule has 0 aromatic rings. The Labute approximate surface area is 114 Å². The van der Waals surface area contributed by atoms with Gasteiger partial charge >= 0.3 is 0 Å². The second-order valence-electron chi connectivity index (χ2n) is 5.76. The molecule has 5 nitrogen and oxygen atoms in total. The van der Waals surface area contributed by atoms with Gasteiger partial charge in [-0.25, -0.2) is 0 Å².